The van der Waals surface area contributed by atoms with Crippen LogP contribution in [0.3, 0.4) is 0 Å². The quantitative estimate of drug-likeness (QED) is 0.664. The van der Waals surface area contributed by atoms with Crippen molar-refractivity contribution in [2.24, 2.45) is 0 Å². The van der Waals surface area contributed by atoms with Gasteiger partial charge < -0.3 is 0 Å². The van der Waals surface area contributed by atoms with Gasteiger partial charge in [-0.05, 0) is 43.3 Å². The second kappa shape index (κ2) is 6.40. The minimum Gasteiger partial charge on any atom is -0.106 e. The number of aryl methyl sites for hydroxylation is 1. The van der Waals surface area contributed by atoms with E-state index >= 15 is 0 Å². The summed E-state index contributed by atoms with van der Waals surface area (Å²) >= 11 is 0. The van der Waals surface area contributed by atoms with E-state index in [0.29, 0.717) is 0 Å². The Morgan fingerprint density at radius 2 is 1.75 bits per heavy atom. The minimum absolute atomic E-state index is 0.278. The molecule has 0 bridgehead atoms. The smallest absolute Gasteiger partial charge is 0.0212 e. The third kappa shape index (κ3) is 3.59. The monoisotopic (exact) mass is 234 g/mol. The number of hydrogen-bond acceptors (Lipinski definition) is 0. The Hall–Kier alpha value is -0.350. The standard InChI is InChI=1S/C15H23P/c1-16(15-10-6-3-7-11-15)13-12-14-8-4-2-5-9-14/h2,4-5,8-9,15H,3,6-7,10-13H2,1H3. The Balaban J connectivity index is 1.76. The number of benzene rings is 1. The molecule has 1 aromatic rings. The summed E-state index contributed by atoms with van der Waals surface area (Å²) in [6.07, 6.45) is 10.2. The van der Waals surface area contributed by atoms with E-state index in [2.05, 4.69) is 37.0 Å². The molecule has 1 unspecified atom stereocenters. The molecule has 1 aliphatic rings. The maximum absolute atomic E-state index is 2.52. The molecule has 1 atom stereocenters. The van der Waals surface area contributed by atoms with Crippen molar-refractivity contribution >= 4 is 7.92 Å². The van der Waals surface area contributed by atoms with Gasteiger partial charge in [-0.3, -0.25) is 0 Å². The van der Waals surface area contributed by atoms with E-state index in [-0.39, 0.29) is 7.92 Å². The maximum atomic E-state index is 2.52. The van der Waals surface area contributed by atoms with Gasteiger partial charge in [-0.1, -0.05) is 49.6 Å². The molecule has 1 aromatic carbocycles. The lowest BCUT2D eigenvalue weighted by atomic mass is 10.0. The summed E-state index contributed by atoms with van der Waals surface area (Å²) in [5.41, 5.74) is 2.60. The number of rotatable bonds is 4. The Morgan fingerprint density at radius 3 is 2.44 bits per heavy atom. The fraction of sp³-hybridized carbons (Fsp3) is 0.600. The summed E-state index contributed by atoms with van der Waals surface area (Å²) in [5, 5.41) is 0. The van der Waals surface area contributed by atoms with Gasteiger partial charge in [0.15, 0.2) is 0 Å². The van der Waals surface area contributed by atoms with Crippen molar-refractivity contribution in [1.29, 1.82) is 0 Å². The van der Waals surface area contributed by atoms with Crippen LogP contribution < -0.4 is 0 Å². The molecule has 1 saturated carbocycles. The van der Waals surface area contributed by atoms with Crippen molar-refractivity contribution in [2.45, 2.75) is 44.2 Å². The second-order valence-corrected chi connectivity index (χ2v) is 7.70. The highest BCUT2D eigenvalue weighted by Gasteiger charge is 2.18. The first kappa shape index (κ1) is 12.1. The lowest BCUT2D eigenvalue weighted by Gasteiger charge is -2.28. The highest BCUT2D eigenvalue weighted by molar-refractivity contribution is 7.57. The molecule has 0 aliphatic heterocycles. The molecule has 1 fully saturated rings. The van der Waals surface area contributed by atoms with Gasteiger partial charge in [0, 0.05) is 0 Å². The van der Waals surface area contributed by atoms with Crippen molar-refractivity contribution in [3.05, 3.63) is 35.9 Å². The molecule has 1 aliphatic carbocycles. The molecular weight excluding hydrogens is 211 g/mol. The van der Waals surface area contributed by atoms with Crippen LogP contribution in [-0.2, 0) is 6.42 Å². The van der Waals surface area contributed by atoms with Gasteiger partial charge in [0.2, 0.25) is 0 Å². The Kier molecular flexibility index (Phi) is 4.85. The average molecular weight is 234 g/mol. The van der Waals surface area contributed by atoms with Crippen LogP contribution in [0.5, 0.6) is 0 Å². The normalized spacial score (nSPS) is 19.6. The Labute approximate surface area is 101 Å². The van der Waals surface area contributed by atoms with E-state index in [9.17, 15) is 0 Å². The van der Waals surface area contributed by atoms with E-state index in [1.54, 1.807) is 0 Å². The van der Waals surface area contributed by atoms with E-state index in [1.807, 2.05) is 0 Å². The first-order valence-electron chi connectivity index (χ1n) is 6.60. The van der Waals surface area contributed by atoms with Crippen LogP contribution in [0.4, 0.5) is 0 Å². The van der Waals surface area contributed by atoms with Crippen LogP contribution in [0.2, 0.25) is 0 Å². The summed E-state index contributed by atoms with van der Waals surface area (Å²) in [5.74, 6) is 0. The molecule has 16 heavy (non-hydrogen) atoms. The summed E-state index contributed by atoms with van der Waals surface area (Å²) < 4.78 is 0. The summed E-state index contributed by atoms with van der Waals surface area (Å²) in [7, 11) is 0.278. The third-order valence-electron chi connectivity index (χ3n) is 3.79. The molecule has 0 amide bonds. The zero-order valence-corrected chi connectivity index (χ0v) is 11.3. The predicted molar refractivity (Wildman–Crippen MR) is 74.7 cm³/mol. The van der Waals surface area contributed by atoms with Crippen LogP contribution in [0.15, 0.2) is 30.3 Å². The Bertz CT molecular complexity index is 288. The zero-order chi connectivity index (χ0) is 11.2. The van der Waals surface area contributed by atoms with Crippen LogP contribution in [0.25, 0.3) is 0 Å². The molecule has 0 N–H and O–H groups in total. The largest absolute Gasteiger partial charge is 0.106 e. The van der Waals surface area contributed by atoms with Crippen molar-refractivity contribution in [3.63, 3.8) is 0 Å². The molecular formula is C15H23P. The molecule has 0 spiro atoms. The van der Waals surface area contributed by atoms with Gasteiger partial charge in [-0.15, -0.1) is 7.92 Å². The summed E-state index contributed by atoms with van der Waals surface area (Å²) in [6, 6.07) is 11.0. The maximum Gasteiger partial charge on any atom is -0.0212 e. The molecule has 0 heterocycles. The predicted octanol–water partition coefficient (Wildman–Crippen LogP) is 4.67. The lowest BCUT2D eigenvalue weighted by Crippen LogP contribution is -2.12. The van der Waals surface area contributed by atoms with Crippen LogP contribution in [-0.4, -0.2) is 18.5 Å². The van der Waals surface area contributed by atoms with E-state index in [1.165, 1.54) is 50.3 Å². The molecule has 1 heteroatoms. The van der Waals surface area contributed by atoms with Crippen molar-refractivity contribution in [3.8, 4) is 0 Å². The molecule has 2 rings (SSSR count). The Morgan fingerprint density at radius 1 is 1.06 bits per heavy atom. The van der Waals surface area contributed by atoms with E-state index < -0.39 is 0 Å². The van der Waals surface area contributed by atoms with Crippen molar-refractivity contribution in [2.75, 3.05) is 12.8 Å². The topological polar surface area (TPSA) is 0 Å². The van der Waals surface area contributed by atoms with Crippen LogP contribution in [0, 0.1) is 0 Å². The van der Waals surface area contributed by atoms with Crippen molar-refractivity contribution < 1.29 is 0 Å². The molecule has 0 radical (unpaired) electrons. The van der Waals surface area contributed by atoms with Gasteiger partial charge in [0.1, 0.15) is 0 Å². The van der Waals surface area contributed by atoms with E-state index in [0.717, 1.165) is 5.66 Å². The van der Waals surface area contributed by atoms with Crippen molar-refractivity contribution in [1.82, 2.24) is 0 Å². The SMILES string of the molecule is CP(CCc1ccccc1)C1CCCCC1. The summed E-state index contributed by atoms with van der Waals surface area (Å²) in [4.78, 5) is 0. The highest BCUT2D eigenvalue weighted by atomic mass is 31.1. The van der Waals surface area contributed by atoms with Gasteiger partial charge >= 0.3 is 0 Å². The van der Waals surface area contributed by atoms with Gasteiger partial charge in [-0.25, -0.2) is 0 Å². The minimum atomic E-state index is 0.278. The zero-order valence-electron chi connectivity index (χ0n) is 10.4. The van der Waals surface area contributed by atoms with Gasteiger partial charge in [0.25, 0.3) is 0 Å². The molecule has 88 valence electrons. The van der Waals surface area contributed by atoms with Gasteiger partial charge in [-0.2, -0.15) is 0 Å². The first-order chi connectivity index (χ1) is 7.86. The fourth-order valence-corrected chi connectivity index (χ4v) is 4.88. The molecule has 0 saturated heterocycles. The molecule has 0 aromatic heterocycles. The summed E-state index contributed by atoms with van der Waals surface area (Å²) in [6.45, 7) is 2.52. The third-order valence-corrected chi connectivity index (χ3v) is 6.49. The highest BCUT2D eigenvalue weighted by Crippen LogP contribution is 2.44. The average Bonchev–Trinajstić information content (AvgIpc) is 2.38. The first-order valence-corrected chi connectivity index (χ1v) is 8.65. The van der Waals surface area contributed by atoms with Gasteiger partial charge in [0.05, 0.1) is 0 Å². The molecule has 0 nitrogen and oxygen atoms in total. The lowest BCUT2D eigenvalue weighted by molar-refractivity contribution is 0.511. The van der Waals surface area contributed by atoms with E-state index in [4.69, 9.17) is 0 Å². The van der Waals surface area contributed by atoms with Crippen LogP contribution in [0.1, 0.15) is 37.7 Å². The van der Waals surface area contributed by atoms with Crippen LogP contribution >= 0.6 is 7.92 Å². The second-order valence-electron chi connectivity index (χ2n) is 5.01. The number of hydrogen-bond donors (Lipinski definition) is 0. The fourth-order valence-electron chi connectivity index (χ4n) is 2.65.